The quantitative estimate of drug-likeness (QED) is 0.367. The van der Waals surface area contributed by atoms with E-state index in [4.69, 9.17) is 39.5 Å². The molecule has 0 aliphatic carbocycles. The van der Waals surface area contributed by atoms with Crippen molar-refractivity contribution in [1.82, 2.24) is 4.90 Å². The predicted octanol–water partition coefficient (Wildman–Crippen LogP) is 6.63. The smallest absolute Gasteiger partial charge is 0.124 e. The molecule has 7 heteroatoms. The van der Waals surface area contributed by atoms with Crippen LogP contribution in [0.15, 0.2) is 66.7 Å². The number of benzene rings is 3. The highest BCUT2D eigenvalue weighted by atomic mass is 35.5. The van der Waals surface area contributed by atoms with E-state index in [2.05, 4.69) is 4.90 Å². The zero-order valence-electron chi connectivity index (χ0n) is 18.9. The molecule has 1 heterocycles. The van der Waals surface area contributed by atoms with Gasteiger partial charge >= 0.3 is 0 Å². The van der Waals surface area contributed by atoms with E-state index < -0.39 is 5.60 Å². The fourth-order valence-corrected chi connectivity index (χ4v) is 5.04. The molecule has 2 N–H and O–H groups in total. The molecule has 1 fully saturated rings. The molecule has 0 aromatic heterocycles. The van der Waals surface area contributed by atoms with Crippen molar-refractivity contribution in [1.29, 1.82) is 0 Å². The molecule has 0 amide bonds. The number of ether oxygens (including phenoxy) is 1. The normalized spacial score (nSPS) is 21.9. The zero-order valence-corrected chi connectivity index (χ0v) is 21.2. The van der Waals surface area contributed by atoms with Crippen molar-refractivity contribution in [2.45, 2.75) is 44.1 Å². The van der Waals surface area contributed by atoms with Crippen LogP contribution < -0.4 is 4.74 Å². The lowest BCUT2D eigenvalue weighted by atomic mass is 9.78. The minimum atomic E-state index is -1.04. The monoisotopic (exact) mass is 519 g/mol. The molecule has 1 saturated heterocycles. The molecule has 34 heavy (non-hydrogen) atoms. The second-order valence-corrected chi connectivity index (χ2v) is 10.2. The average Bonchev–Trinajstić information content (AvgIpc) is 2.84. The van der Waals surface area contributed by atoms with Gasteiger partial charge in [-0.2, -0.15) is 0 Å². The molecule has 0 bridgehead atoms. The number of hydrogen-bond donors (Lipinski definition) is 2. The molecule has 180 valence electrons. The van der Waals surface area contributed by atoms with E-state index >= 15 is 0 Å². The number of rotatable bonds is 7. The van der Waals surface area contributed by atoms with Crippen molar-refractivity contribution in [3.05, 3.63) is 98.5 Å². The first-order valence-corrected chi connectivity index (χ1v) is 12.4. The van der Waals surface area contributed by atoms with Crippen molar-refractivity contribution in [3.63, 3.8) is 0 Å². The third kappa shape index (κ3) is 5.71. The summed E-state index contributed by atoms with van der Waals surface area (Å²) < 4.78 is 6.23. The van der Waals surface area contributed by atoms with Gasteiger partial charge in [0.15, 0.2) is 0 Å². The van der Waals surface area contributed by atoms with Crippen LogP contribution in [-0.2, 0) is 12.2 Å². The SMILES string of the molecule is CC(CO)N1CCC(O)(c2ccc(Cl)cc2)CC1c1cc(Cl)ccc1OCc1ccc(Cl)cc1. The molecule has 0 radical (unpaired) electrons. The van der Waals surface area contributed by atoms with Crippen LogP contribution in [0.1, 0.15) is 42.5 Å². The number of likely N-dealkylation sites (tertiary alicyclic amines) is 1. The van der Waals surface area contributed by atoms with Gasteiger partial charge in [-0.25, -0.2) is 0 Å². The first-order chi connectivity index (χ1) is 16.3. The maximum atomic E-state index is 11.7. The molecule has 3 aromatic rings. The third-order valence-electron chi connectivity index (χ3n) is 6.57. The first kappa shape index (κ1) is 25.3. The second kappa shape index (κ2) is 10.9. The van der Waals surface area contributed by atoms with Crippen LogP contribution in [0.3, 0.4) is 0 Å². The summed E-state index contributed by atoms with van der Waals surface area (Å²) in [5.74, 6) is 0.694. The number of halogens is 3. The summed E-state index contributed by atoms with van der Waals surface area (Å²) in [6.45, 7) is 2.97. The summed E-state index contributed by atoms with van der Waals surface area (Å²) in [5.41, 5.74) is 1.65. The minimum Gasteiger partial charge on any atom is -0.489 e. The van der Waals surface area contributed by atoms with Gasteiger partial charge in [-0.1, -0.05) is 59.1 Å². The molecule has 0 spiro atoms. The number of aliphatic hydroxyl groups is 2. The topological polar surface area (TPSA) is 52.9 Å². The maximum Gasteiger partial charge on any atom is 0.124 e. The van der Waals surface area contributed by atoms with Crippen LogP contribution in [0, 0.1) is 0 Å². The van der Waals surface area contributed by atoms with Crippen molar-refractivity contribution in [2.24, 2.45) is 0 Å². The summed E-state index contributed by atoms with van der Waals surface area (Å²) in [4.78, 5) is 2.21. The zero-order chi connectivity index (χ0) is 24.3. The Balaban J connectivity index is 1.68. The third-order valence-corrected chi connectivity index (χ3v) is 7.30. The summed E-state index contributed by atoms with van der Waals surface area (Å²) in [5, 5.41) is 23.5. The van der Waals surface area contributed by atoms with Gasteiger partial charge in [-0.05, 0) is 66.9 Å². The van der Waals surface area contributed by atoms with Crippen molar-refractivity contribution >= 4 is 34.8 Å². The van der Waals surface area contributed by atoms with Gasteiger partial charge in [0.1, 0.15) is 12.4 Å². The van der Waals surface area contributed by atoms with E-state index in [0.29, 0.717) is 46.8 Å². The highest BCUT2D eigenvalue weighted by molar-refractivity contribution is 6.31. The van der Waals surface area contributed by atoms with Gasteiger partial charge in [0.25, 0.3) is 0 Å². The highest BCUT2D eigenvalue weighted by Gasteiger charge is 2.42. The number of piperidine rings is 1. The Labute approximate surface area is 215 Å². The van der Waals surface area contributed by atoms with Crippen LogP contribution in [0.4, 0.5) is 0 Å². The molecular weight excluding hydrogens is 493 g/mol. The molecule has 1 aliphatic rings. The predicted molar refractivity (Wildman–Crippen MR) is 138 cm³/mol. The summed E-state index contributed by atoms with van der Waals surface area (Å²) in [6.07, 6.45) is 0.966. The fourth-order valence-electron chi connectivity index (χ4n) is 4.61. The van der Waals surface area contributed by atoms with Gasteiger partial charge in [0.05, 0.1) is 12.2 Å². The Morgan fingerprint density at radius 1 is 0.971 bits per heavy atom. The van der Waals surface area contributed by atoms with Gasteiger partial charge < -0.3 is 14.9 Å². The largest absolute Gasteiger partial charge is 0.489 e. The van der Waals surface area contributed by atoms with Gasteiger partial charge in [-0.15, -0.1) is 0 Å². The second-order valence-electron chi connectivity index (χ2n) is 8.88. The van der Waals surface area contributed by atoms with Crippen LogP contribution in [0.25, 0.3) is 0 Å². The highest BCUT2D eigenvalue weighted by Crippen LogP contribution is 2.46. The van der Waals surface area contributed by atoms with E-state index in [0.717, 1.165) is 16.7 Å². The molecule has 1 aliphatic heterocycles. The van der Waals surface area contributed by atoms with E-state index in [1.54, 1.807) is 18.2 Å². The van der Waals surface area contributed by atoms with E-state index in [9.17, 15) is 10.2 Å². The van der Waals surface area contributed by atoms with Gasteiger partial charge in [0, 0.05) is 45.7 Å². The van der Waals surface area contributed by atoms with Gasteiger partial charge in [-0.3, -0.25) is 4.90 Å². The van der Waals surface area contributed by atoms with Crippen molar-refractivity contribution < 1.29 is 14.9 Å². The molecule has 0 saturated carbocycles. The maximum absolute atomic E-state index is 11.7. The Bertz CT molecular complexity index is 1110. The summed E-state index contributed by atoms with van der Waals surface area (Å²) >= 11 is 18.5. The van der Waals surface area contributed by atoms with E-state index in [-0.39, 0.29) is 18.7 Å². The number of hydrogen-bond acceptors (Lipinski definition) is 4. The lowest BCUT2D eigenvalue weighted by molar-refractivity contribution is -0.0695. The molecule has 3 aromatic carbocycles. The molecular formula is C27H28Cl3NO3. The van der Waals surface area contributed by atoms with E-state index in [1.807, 2.05) is 55.5 Å². The molecule has 4 rings (SSSR count). The standard InChI is InChI=1S/C27H28Cl3NO3/c1-18(16-32)31-13-12-27(33,20-4-8-22(29)9-5-20)15-25(31)24-14-23(30)10-11-26(24)34-17-19-2-6-21(28)7-3-19/h2-11,14,18,25,32-33H,12-13,15-17H2,1H3. The Morgan fingerprint density at radius 3 is 2.24 bits per heavy atom. The van der Waals surface area contributed by atoms with Crippen molar-refractivity contribution in [3.8, 4) is 5.75 Å². The molecule has 3 unspecified atom stereocenters. The first-order valence-electron chi connectivity index (χ1n) is 11.3. The number of aliphatic hydroxyl groups excluding tert-OH is 1. The van der Waals surface area contributed by atoms with Crippen molar-refractivity contribution in [2.75, 3.05) is 13.2 Å². The van der Waals surface area contributed by atoms with Crippen LogP contribution in [0.2, 0.25) is 15.1 Å². The Morgan fingerprint density at radius 2 is 1.59 bits per heavy atom. The van der Waals surface area contributed by atoms with Crippen LogP contribution >= 0.6 is 34.8 Å². The average molecular weight is 521 g/mol. The molecule has 4 nitrogen and oxygen atoms in total. The summed E-state index contributed by atoms with van der Waals surface area (Å²) in [7, 11) is 0. The summed E-state index contributed by atoms with van der Waals surface area (Å²) in [6, 6.07) is 20.1. The van der Waals surface area contributed by atoms with Gasteiger partial charge in [0.2, 0.25) is 0 Å². The van der Waals surface area contributed by atoms with E-state index in [1.165, 1.54) is 0 Å². The Hall–Kier alpha value is -1.79. The fraction of sp³-hybridized carbons (Fsp3) is 0.333. The molecule has 3 atom stereocenters. The number of nitrogens with zero attached hydrogens (tertiary/aromatic N) is 1. The van der Waals surface area contributed by atoms with Crippen LogP contribution in [-0.4, -0.2) is 34.3 Å². The Kier molecular flexibility index (Phi) is 8.08. The lowest BCUT2D eigenvalue weighted by Crippen LogP contribution is -2.49. The van der Waals surface area contributed by atoms with Crippen LogP contribution in [0.5, 0.6) is 5.75 Å². The lowest BCUT2D eigenvalue weighted by Gasteiger charge is -2.47. The minimum absolute atomic E-state index is 0.0113.